The van der Waals surface area contributed by atoms with Gasteiger partial charge in [0.2, 0.25) is 11.0 Å². The zero-order valence-electron chi connectivity index (χ0n) is 16.4. The first-order valence-electron chi connectivity index (χ1n) is 9.90. The van der Waals surface area contributed by atoms with Gasteiger partial charge < -0.3 is 10.6 Å². The van der Waals surface area contributed by atoms with E-state index in [0.29, 0.717) is 24.0 Å². The molecule has 156 valence electrons. The SMILES string of the molecule is O=C(CSc1nnc(NCc2ccc(F)cc2)s1)NCC1(c2ccccc2)CCC1. The number of aromatic nitrogens is 2. The van der Waals surface area contributed by atoms with Gasteiger partial charge in [0, 0.05) is 18.5 Å². The fourth-order valence-corrected chi connectivity index (χ4v) is 5.11. The smallest absolute Gasteiger partial charge is 0.230 e. The molecule has 2 N–H and O–H groups in total. The number of thioether (sulfide) groups is 1. The molecule has 0 aliphatic heterocycles. The summed E-state index contributed by atoms with van der Waals surface area (Å²) in [5.74, 6) is 0.0779. The van der Waals surface area contributed by atoms with E-state index in [1.54, 1.807) is 12.1 Å². The standard InChI is InChI=1S/C22H23FN4OS2/c23-18-9-7-16(8-10-18)13-24-20-26-27-21(30-20)29-14-19(28)25-15-22(11-4-12-22)17-5-2-1-3-6-17/h1-3,5-10H,4,11-15H2,(H,24,26)(H,25,28). The molecule has 1 aliphatic carbocycles. The van der Waals surface area contributed by atoms with Crippen LogP contribution >= 0.6 is 23.1 Å². The molecule has 0 spiro atoms. The average molecular weight is 443 g/mol. The molecule has 8 heteroatoms. The van der Waals surface area contributed by atoms with E-state index in [2.05, 4.69) is 45.1 Å². The molecule has 0 saturated heterocycles. The Bertz CT molecular complexity index is 974. The summed E-state index contributed by atoms with van der Waals surface area (Å²) in [4.78, 5) is 12.4. The third-order valence-corrected chi connectivity index (χ3v) is 7.43. The van der Waals surface area contributed by atoms with Gasteiger partial charge in [-0.05, 0) is 36.1 Å². The Kier molecular flexibility index (Phi) is 6.64. The zero-order valence-corrected chi connectivity index (χ0v) is 18.1. The van der Waals surface area contributed by atoms with E-state index in [9.17, 15) is 9.18 Å². The summed E-state index contributed by atoms with van der Waals surface area (Å²) in [6.45, 7) is 1.22. The molecule has 1 fully saturated rings. The molecule has 1 amide bonds. The number of rotatable bonds is 9. The predicted octanol–water partition coefficient (Wildman–Crippen LogP) is 4.62. The lowest BCUT2D eigenvalue weighted by atomic mass is 9.64. The highest BCUT2D eigenvalue weighted by molar-refractivity contribution is 8.01. The first-order chi connectivity index (χ1) is 14.6. The maximum atomic E-state index is 13.0. The number of carbonyl (C=O) groups is 1. The van der Waals surface area contributed by atoms with Crippen molar-refractivity contribution >= 4 is 34.1 Å². The van der Waals surface area contributed by atoms with E-state index in [4.69, 9.17) is 0 Å². The summed E-state index contributed by atoms with van der Waals surface area (Å²) in [7, 11) is 0. The lowest BCUT2D eigenvalue weighted by Gasteiger charge is -2.42. The number of carbonyl (C=O) groups excluding carboxylic acids is 1. The van der Waals surface area contributed by atoms with Crippen molar-refractivity contribution in [3.8, 4) is 0 Å². The van der Waals surface area contributed by atoms with Gasteiger partial charge in [0.25, 0.3) is 0 Å². The number of amides is 1. The Morgan fingerprint density at radius 2 is 1.87 bits per heavy atom. The third-order valence-electron chi connectivity index (χ3n) is 5.41. The van der Waals surface area contributed by atoms with Gasteiger partial charge in [-0.1, -0.05) is 72.0 Å². The monoisotopic (exact) mass is 442 g/mol. The van der Waals surface area contributed by atoms with Gasteiger partial charge in [0.05, 0.1) is 5.75 Å². The fraction of sp³-hybridized carbons (Fsp3) is 0.318. The normalized spacial score (nSPS) is 14.7. The molecule has 30 heavy (non-hydrogen) atoms. The third kappa shape index (κ3) is 5.17. The molecular weight excluding hydrogens is 419 g/mol. The van der Waals surface area contributed by atoms with E-state index in [0.717, 1.165) is 22.7 Å². The molecule has 1 saturated carbocycles. The summed E-state index contributed by atoms with van der Waals surface area (Å²) >= 11 is 2.80. The second-order valence-corrected chi connectivity index (χ2v) is 9.62. The van der Waals surface area contributed by atoms with E-state index in [1.807, 2.05) is 6.07 Å². The highest BCUT2D eigenvalue weighted by Crippen LogP contribution is 2.43. The molecule has 1 heterocycles. The van der Waals surface area contributed by atoms with Gasteiger partial charge in [0.15, 0.2) is 4.34 Å². The molecule has 4 rings (SSSR count). The molecule has 0 atom stereocenters. The number of hydrogen-bond donors (Lipinski definition) is 2. The van der Waals surface area contributed by atoms with E-state index < -0.39 is 0 Å². The van der Waals surface area contributed by atoms with Crippen molar-refractivity contribution in [2.75, 3.05) is 17.6 Å². The van der Waals surface area contributed by atoms with Crippen LogP contribution in [0.25, 0.3) is 0 Å². The summed E-state index contributed by atoms with van der Waals surface area (Å²) in [6, 6.07) is 16.8. The first kappa shape index (κ1) is 20.8. The van der Waals surface area contributed by atoms with Crippen molar-refractivity contribution in [3.63, 3.8) is 0 Å². The lowest BCUT2D eigenvalue weighted by Crippen LogP contribution is -2.46. The van der Waals surface area contributed by atoms with Gasteiger partial charge in [-0.15, -0.1) is 10.2 Å². The van der Waals surface area contributed by atoms with Crippen molar-refractivity contribution in [1.29, 1.82) is 0 Å². The van der Waals surface area contributed by atoms with Crippen LogP contribution in [0.1, 0.15) is 30.4 Å². The molecule has 5 nitrogen and oxygen atoms in total. The summed E-state index contributed by atoms with van der Waals surface area (Å²) in [5.41, 5.74) is 2.36. The van der Waals surface area contributed by atoms with Crippen molar-refractivity contribution in [2.24, 2.45) is 0 Å². The van der Waals surface area contributed by atoms with E-state index in [-0.39, 0.29) is 17.1 Å². The molecular formula is C22H23FN4OS2. The van der Waals surface area contributed by atoms with Crippen LogP contribution in [0, 0.1) is 5.82 Å². The maximum Gasteiger partial charge on any atom is 0.230 e. The molecule has 0 radical (unpaired) electrons. The van der Waals surface area contributed by atoms with Crippen LogP contribution in [-0.2, 0) is 16.8 Å². The number of nitrogens with one attached hydrogen (secondary N) is 2. The minimum absolute atomic E-state index is 0.0122. The number of halogens is 1. The van der Waals surface area contributed by atoms with Gasteiger partial charge in [-0.2, -0.15) is 0 Å². The van der Waals surface area contributed by atoms with Crippen molar-refractivity contribution in [3.05, 3.63) is 71.5 Å². The van der Waals surface area contributed by atoms with E-state index >= 15 is 0 Å². The molecule has 0 bridgehead atoms. The Labute approximate surface area is 183 Å². The summed E-state index contributed by atoms with van der Waals surface area (Å²) in [6.07, 6.45) is 3.44. The topological polar surface area (TPSA) is 66.9 Å². The van der Waals surface area contributed by atoms with Gasteiger partial charge in [-0.25, -0.2) is 4.39 Å². The van der Waals surface area contributed by atoms with Crippen molar-refractivity contribution in [2.45, 2.75) is 35.6 Å². The molecule has 0 unspecified atom stereocenters. The van der Waals surface area contributed by atoms with Crippen LogP contribution < -0.4 is 10.6 Å². The summed E-state index contributed by atoms with van der Waals surface area (Å²) in [5, 5.41) is 15.2. The van der Waals surface area contributed by atoms with Crippen LogP contribution in [0.15, 0.2) is 58.9 Å². The Morgan fingerprint density at radius 3 is 2.57 bits per heavy atom. The highest BCUT2D eigenvalue weighted by Gasteiger charge is 2.38. The maximum absolute atomic E-state index is 13.0. The van der Waals surface area contributed by atoms with Crippen molar-refractivity contribution in [1.82, 2.24) is 15.5 Å². The second-order valence-electron chi connectivity index (χ2n) is 7.42. The van der Waals surface area contributed by atoms with Gasteiger partial charge in [-0.3, -0.25) is 4.79 Å². The zero-order chi connectivity index (χ0) is 20.8. The number of nitrogens with zero attached hydrogens (tertiary/aromatic N) is 2. The first-order valence-corrected chi connectivity index (χ1v) is 11.7. The Morgan fingerprint density at radius 1 is 1.10 bits per heavy atom. The quantitative estimate of drug-likeness (QED) is 0.474. The molecule has 1 aromatic heterocycles. The van der Waals surface area contributed by atoms with Crippen LogP contribution in [-0.4, -0.2) is 28.4 Å². The fourth-order valence-electron chi connectivity index (χ4n) is 3.53. The van der Waals surface area contributed by atoms with Crippen LogP contribution in [0.4, 0.5) is 9.52 Å². The number of anilines is 1. The number of hydrogen-bond acceptors (Lipinski definition) is 6. The van der Waals surface area contributed by atoms with Gasteiger partial charge >= 0.3 is 0 Å². The van der Waals surface area contributed by atoms with Crippen molar-refractivity contribution < 1.29 is 9.18 Å². The highest BCUT2D eigenvalue weighted by atomic mass is 32.2. The van der Waals surface area contributed by atoms with E-state index in [1.165, 1.54) is 47.2 Å². The Hall–Kier alpha value is -2.45. The second kappa shape index (κ2) is 9.57. The van der Waals surface area contributed by atoms with Crippen LogP contribution in [0.2, 0.25) is 0 Å². The minimum Gasteiger partial charge on any atom is -0.356 e. The lowest BCUT2D eigenvalue weighted by molar-refractivity contribution is -0.119. The molecule has 2 aromatic carbocycles. The molecule has 3 aromatic rings. The van der Waals surface area contributed by atoms with Gasteiger partial charge in [0.1, 0.15) is 5.82 Å². The average Bonchev–Trinajstić information content (AvgIpc) is 3.20. The Balaban J connectivity index is 1.22. The predicted molar refractivity (Wildman–Crippen MR) is 119 cm³/mol. The minimum atomic E-state index is -0.251. The summed E-state index contributed by atoms with van der Waals surface area (Å²) < 4.78 is 13.7. The molecule has 1 aliphatic rings. The number of benzene rings is 2. The van der Waals surface area contributed by atoms with Crippen LogP contribution in [0.3, 0.4) is 0 Å². The van der Waals surface area contributed by atoms with Crippen LogP contribution in [0.5, 0.6) is 0 Å². The largest absolute Gasteiger partial charge is 0.356 e.